The Kier molecular flexibility index (Phi) is 2.42. The zero-order valence-electron chi connectivity index (χ0n) is 7.87. The van der Waals surface area contributed by atoms with Crippen LogP contribution in [0.5, 0.6) is 5.75 Å². The Morgan fingerprint density at radius 1 is 1.21 bits per heavy atom. The fourth-order valence-electron chi connectivity index (χ4n) is 1.82. The lowest BCUT2D eigenvalue weighted by molar-refractivity contribution is -0.0125. The Bertz CT molecular complexity index is 319. The van der Waals surface area contributed by atoms with Gasteiger partial charge in [0.2, 0.25) is 0 Å². The molecule has 0 radical (unpaired) electrons. The number of halogens is 1. The second-order valence-electron chi connectivity index (χ2n) is 3.59. The fraction of sp³-hybridized carbons (Fsp3) is 0.455. The second-order valence-corrected chi connectivity index (χ2v) is 3.59. The molecular formula is C11H13FO2. The smallest absolute Gasteiger partial charge is 0.143 e. The van der Waals surface area contributed by atoms with Crippen LogP contribution in [0.25, 0.3) is 0 Å². The molecule has 0 aliphatic carbocycles. The van der Waals surface area contributed by atoms with Crippen molar-refractivity contribution in [1.29, 1.82) is 0 Å². The van der Waals surface area contributed by atoms with Gasteiger partial charge in [0.15, 0.2) is 0 Å². The molecule has 14 heavy (non-hydrogen) atoms. The number of hydrogen-bond acceptors (Lipinski definition) is 2. The van der Waals surface area contributed by atoms with Crippen molar-refractivity contribution >= 4 is 0 Å². The van der Waals surface area contributed by atoms with Crippen molar-refractivity contribution in [3.05, 3.63) is 29.8 Å². The lowest BCUT2D eigenvalue weighted by Crippen LogP contribution is -2.29. The highest BCUT2D eigenvalue weighted by Crippen LogP contribution is 2.40. The van der Waals surface area contributed by atoms with Crippen LogP contribution in [0.3, 0.4) is 0 Å². The molecule has 0 unspecified atom stereocenters. The molecule has 0 atom stereocenters. The number of alkyl halides is 1. The van der Waals surface area contributed by atoms with E-state index in [9.17, 15) is 9.50 Å². The highest BCUT2D eigenvalue weighted by Gasteiger charge is 2.36. The fourth-order valence-corrected chi connectivity index (χ4v) is 1.82. The van der Waals surface area contributed by atoms with Gasteiger partial charge in [-0.2, -0.15) is 0 Å². The van der Waals surface area contributed by atoms with E-state index in [-0.39, 0.29) is 5.75 Å². The van der Waals surface area contributed by atoms with Crippen molar-refractivity contribution in [2.24, 2.45) is 0 Å². The van der Waals surface area contributed by atoms with Gasteiger partial charge in [0.05, 0.1) is 0 Å². The number of ether oxygens (including phenoxy) is 1. The van der Waals surface area contributed by atoms with Crippen molar-refractivity contribution in [2.75, 3.05) is 13.2 Å². The molecular weight excluding hydrogens is 183 g/mol. The monoisotopic (exact) mass is 196 g/mol. The first-order valence-corrected chi connectivity index (χ1v) is 4.77. The highest BCUT2D eigenvalue weighted by atomic mass is 19.1. The van der Waals surface area contributed by atoms with Gasteiger partial charge in [-0.1, -0.05) is 18.2 Å². The van der Waals surface area contributed by atoms with Gasteiger partial charge in [0, 0.05) is 31.6 Å². The predicted molar refractivity (Wildman–Crippen MR) is 50.9 cm³/mol. The van der Waals surface area contributed by atoms with Crippen LogP contribution in [0.2, 0.25) is 0 Å². The lowest BCUT2D eigenvalue weighted by Gasteiger charge is -2.30. The summed E-state index contributed by atoms with van der Waals surface area (Å²) in [5.74, 6) is 0.0388. The van der Waals surface area contributed by atoms with Crippen LogP contribution in [0.4, 0.5) is 4.39 Å². The number of hydrogen-bond donors (Lipinski definition) is 1. The first kappa shape index (κ1) is 9.46. The van der Waals surface area contributed by atoms with Gasteiger partial charge in [-0.25, -0.2) is 4.39 Å². The van der Waals surface area contributed by atoms with Gasteiger partial charge < -0.3 is 9.84 Å². The average molecular weight is 196 g/mol. The highest BCUT2D eigenvalue weighted by molar-refractivity contribution is 5.37. The van der Waals surface area contributed by atoms with Crippen molar-refractivity contribution in [3.63, 3.8) is 0 Å². The summed E-state index contributed by atoms with van der Waals surface area (Å²) in [7, 11) is 0. The van der Waals surface area contributed by atoms with Crippen molar-refractivity contribution in [1.82, 2.24) is 0 Å². The Balaban J connectivity index is 2.32. The zero-order chi connectivity index (χ0) is 10.0. The van der Waals surface area contributed by atoms with Crippen LogP contribution < -0.4 is 0 Å². The van der Waals surface area contributed by atoms with E-state index in [2.05, 4.69) is 0 Å². The van der Waals surface area contributed by atoms with E-state index < -0.39 is 5.67 Å². The normalized spacial score (nSPS) is 20.6. The van der Waals surface area contributed by atoms with Gasteiger partial charge in [-0.05, 0) is 6.07 Å². The van der Waals surface area contributed by atoms with Gasteiger partial charge in [-0.15, -0.1) is 0 Å². The predicted octanol–water partition coefficient (Wildman–Crippen LogP) is 2.37. The lowest BCUT2D eigenvalue weighted by atomic mass is 9.88. The summed E-state index contributed by atoms with van der Waals surface area (Å²) in [6.45, 7) is 0.843. The molecule has 1 N–H and O–H groups in total. The van der Waals surface area contributed by atoms with Crippen LogP contribution in [0, 0.1) is 0 Å². The maximum Gasteiger partial charge on any atom is 0.143 e. The Morgan fingerprint density at radius 2 is 1.86 bits per heavy atom. The molecule has 2 nitrogen and oxygen atoms in total. The van der Waals surface area contributed by atoms with Crippen LogP contribution in [0.1, 0.15) is 18.4 Å². The molecule has 0 aromatic heterocycles. The molecule has 0 saturated carbocycles. The quantitative estimate of drug-likeness (QED) is 0.747. The first-order valence-electron chi connectivity index (χ1n) is 4.77. The average Bonchev–Trinajstić information content (AvgIpc) is 2.19. The molecule has 1 heterocycles. The maximum absolute atomic E-state index is 14.3. The van der Waals surface area contributed by atoms with E-state index >= 15 is 0 Å². The minimum absolute atomic E-state index is 0.0388. The minimum Gasteiger partial charge on any atom is -0.508 e. The molecule has 76 valence electrons. The zero-order valence-corrected chi connectivity index (χ0v) is 7.87. The van der Waals surface area contributed by atoms with E-state index in [1.54, 1.807) is 18.2 Å². The number of benzene rings is 1. The first-order chi connectivity index (χ1) is 6.72. The van der Waals surface area contributed by atoms with E-state index in [0.29, 0.717) is 31.6 Å². The topological polar surface area (TPSA) is 29.5 Å². The molecule has 1 fully saturated rings. The molecule has 0 spiro atoms. The van der Waals surface area contributed by atoms with Crippen molar-refractivity contribution in [2.45, 2.75) is 18.5 Å². The summed E-state index contributed by atoms with van der Waals surface area (Å²) in [5, 5.41) is 9.55. The standard InChI is InChI=1S/C11H13FO2/c12-11(5-7-14-8-6-11)9-3-1-2-4-10(9)13/h1-4,13H,5-8H2. The molecule has 2 rings (SSSR count). The molecule has 1 aliphatic rings. The summed E-state index contributed by atoms with van der Waals surface area (Å²) >= 11 is 0. The minimum atomic E-state index is -1.41. The van der Waals surface area contributed by atoms with Crippen LogP contribution in [-0.2, 0) is 10.4 Å². The van der Waals surface area contributed by atoms with E-state index in [1.165, 1.54) is 6.07 Å². The van der Waals surface area contributed by atoms with E-state index in [4.69, 9.17) is 4.74 Å². The summed E-state index contributed by atoms with van der Waals surface area (Å²) in [4.78, 5) is 0. The molecule has 1 aromatic rings. The Labute approximate surface area is 82.3 Å². The SMILES string of the molecule is Oc1ccccc1C1(F)CCOCC1. The number of rotatable bonds is 1. The molecule has 1 aliphatic heterocycles. The van der Waals surface area contributed by atoms with Gasteiger partial charge in [0.25, 0.3) is 0 Å². The molecule has 3 heteroatoms. The number of aromatic hydroxyl groups is 1. The molecule has 0 amide bonds. The summed E-state index contributed by atoms with van der Waals surface area (Å²) < 4.78 is 19.4. The third-order valence-electron chi connectivity index (χ3n) is 2.67. The van der Waals surface area contributed by atoms with Crippen LogP contribution in [-0.4, -0.2) is 18.3 Å². The van der Waals surface area contributed by atoms with Crippen molar-refractivity contribution < 1.29 is 14.2 Å². The van der Waals surface area contributed by atoms with Crippen LogP contribution >= 0.6 is 0 Å². The Morgan fingerprint density at radius 3 is 2.50 bits per heavy atom. The van der Waals surface area contributed by atoms with Crippen LogP contribution in [0.15, 0.2) is 24.3 Å². The summed E-state index contributed by atoms with van der Waals surface area (Å²) in [5.41, 5.74) is -1.02. The van der Waals surface area contributed by atoms with E-state index in [1.807, 2.05) is 0 Å². The summed E-state index contributed by atoms with van der Waals surface area (Å²) in [6.07, 6.45) is 0.648. The van der Waals surface area contributed by atoms with Crippen molar-refractivity contribution in [3.8, 4) is 5.75 Å². The number of phenolic OH excluding ortho intramolecular Hbond substituents is 1. The second kappa shape index (κ2) is 3.58. The van der Waals surface area contributed by atoms with Gasteiger partial charge in [0.1, 0.15) is 11.4 Å². The molecule has 1 aromatic carbocycles. The Hall–Kier alpha value is -1.09. The third kappa shape index (κ3) is 1.60. The van der Waals surface area contributed by atoms with E-state index in [0.717, 1.165) is 0 Å². The summed E-state index contributed by atoms with van der Waals surface area (Å²) in [6, 6.07) is 6.60. The van der Waals surface area contributed by atoms with Gasteiger partial charge in [-0.3, -0.25) is 0 Å². The molecule has 0 bridgehead atoms. The maximum atomic E-state index is 14.3. The molecule has 1 saturated heterocycles. The number of phenols is 1. The third-order valence-corrected chi connectivity index (χ3v) is 2.67. The number of para-hydroxylation sites is 1. The van der Waals surface area contributed by atoms with Gasteiger partial charge >= 0.3 is 0 Å². The largest absolute Gasteiger partial charge is 0.508 e.